The summed E-state index contributed by atoms with van der Waals surface area (Å²) in [6, 6.07) is 19.2. The van der Waals surface area contributed by atoms with Crippen molar-refractivity contribution < 1.29 is 0 Å². The Morgan fingerprint density at radius 3 is 2.05 bits per heavy atom. The molecular weight excluding hydrogens is 230 g/mol. The summed E-state index contributed by atoms with van der Waals surface area (Å²) in [4.78, 5) is 0. The molecule has 0 aliphatic rings. The molecule has 19 heavy (non-hydrogen) atoms. The maximum atomic E-state index is 6.05. The molecule has 2 aromatic carbocycles. The summed E-state index contributed by atoms with van der Waals surface area (Å²) in [7, 11) is 0. The molecule has 0 amide bonds. The Balaban J connectivity index is 2.51. The second-order valence-electron chi connectivity index (χ2n) is 6.04. The van der Waals surface area contributed by atoms with Crippen LogP contribution in [0.1, 0.15) is 43.4 Å². The van der Waals surface area contributed by atoms with E-state index >= 15 is 0 Å². The molecule has 0 aliphatic heterocycles. The summed E-state index contributed by atoms with van der Waals surface area (Å²) in [5.74, 6) is 0.275. The van der Waals surface area contributed by atoms with E-state index < -0.39 is 0 Å². The van der Waals surface area contributed by atoms with Crippen molar-refractivity contribution in [1.29, 1.82) is 0 Å². The van der Waals surface area contributed by atoms with Crippen molar-refractivity contribution in [3.05, 3.63) is 71.3 Å². The van der Waals surface area contributed by atoms with Gasteiger partial charge in [-0.05, 0) is 22.1 Å². The first-order chi connectivity index (χ1) is 9.04. The van der Waals surface area contributed by atoms with Gasteiger partial charge in [0.2, 0.25) is 0 Å². The first-order valence-electron chi connectivity index (χ1n) is 6.88. The molecule has 1 unspecified atom stereocenters. The first kappa shape index (κ1) is 13.8. The molecule has 100 valence electrons. The van der Waals surface area contributed by atoms with Crippen LogP contribution in [0.2, 0.25) is 0 Å². The van der Waals surface area contributed by atoms with Gasteiger partial charge >= 0.3 is 0 Å². The molecule has 0 aliphatic carbocycles. The summed E-state index contributed by atoms with van der Waals surface area (Å²) < 4.78 is 0. The average Bonchev–Trinajstić information content (AvgIpc) is 2.40. The lowest BCUT2D eigenvalue weighted by molar-refractivity contribution is 0.577. The van der Waals surface area contributed by atoms with Gasteiger partial charge in [0.05, 0.1) is 0 Å². The highest BCUT2D eigenvalue weighted by molar-refractivity contribution is 5.41. The highest BCUT2D eigenvalue weighted by atomic mass is 14.6. The van der Waals surface area contributed by atoms with Crippen LogP contribution >= 0.6 is 0 Å². The molecule has 2 aromatic rings. The normalized spacial score (nSPS) is 13.3. The van der Waals surface area contributed by atoms with Gasteiger partial charge in [0, 0.05) is 12.5 Å². The molecule has 0 saturated heterocycles. The highest BCUT2D eigenvalue weighted by Crippen LogP contribution is 2.33. The lowest BCUT2D eigenvalue weighted by Crippen LogP contribution is -2.20. The molecule has 0 saturated carbocycles. The molecule has 2 rings (SSSR count). The van der Waals surface area contributed by atoms with Gasteiger partial charge in [0.1, 0.15) is 0 Å². The molecule has 2 N–H and O–H groups in total. The fourth-order valence-electron chi connectivity index (χ4n) is 2.61. The molecular formula is C18H23N. The number of rotatable bonds is 3. The van der Waals surface area contributed by atoms with Crippen LogP contribution in [0.3, 0.4) is 0 Å². The van der Waals surface area contributed by atoms with Crippen molar-refractivity contribution in [3.63, 3.8) is 0 Å². The summed E-state index contributed by atoms with van der Waals surface area (Å²) in [6.45, 7) is 7.40. The van der Waals surface area contributed by atoms with E-state index in [2.05, 4.69) is 69.3 Å². The van der Waals surface area contributed by atoms with Gasteiger partial charge in [-0.1, -0.05) is 75.4 Å². The summed E-state index contributed by atoms with van der Waals surface area (Å²) in [6.07, 6.45) is 0. The van der Waals surface area contributed by atoms with Gasteiger partial charge in [-0.15, -0.1) is 0 Å². The summed E-state index contributed by atoms with van der Waals surface area (Å²) in [5.41, 5.74) is 10.2. The van der Waals surface area contributed by atoms with E-state index in [0.717, 1.165) is 0 Å². The van der Waals surface area contributed by atoms with Crippen LogP contribution < -0.4 is 5.73 Å². The number of hydrogen-bond acceptors (Lipinski definition) is 1. The minimum absolute atomic E-state index is 0.138. The molecule has 0 bridgehead atoms. The fourth-order valence-corrected chi connectivity index (χ4v) is 2.61. The van der Waals surface area contributed by atoms with Crippen LogP contribution in [-0.4, -0.2) is 6.54 Å². The van der Waals surface area contributed by atoms with E-state index in [1.807, 2.05) is 6.07 Å². The Labute approximate surface area is 116 Å². The van der Waals surface area contributed by atoms with Crippen LogP contribution in [0, 0.1) is 0 Å². The standard InChI is InChI=1S/C18H23N/c1-18(2,3)17-12-8-7-11-15(17)16(13-19)14-9-5-4-6-10-14/h4-12,16H,13,19H2,1-3H3. The summed E-state index contributed by atoms with van der Waals surface area (Å²) >= 11 is 0. The third kappa shape index (κ3) is 3.05. The van der Waals surface area contributed by atoms with Crippen LogP contribution in [0.5, 0.6) is 0 Å². The van der Waals surface area contributed by atoms with Crippen LogP contribution in [0.25, 0.3) is 0 Å². The third-order valence-corrected chi connectivity index (χ3v) is 3.58. The largest absolute Gasteiger partial charge is 0.330 e. The minimum Gasteiger partial charge on any atom is -0.330 e. The lowest BCUT2D eigenvalue weighted by atomic mass is 9.78. The van der Waals surface area contributed by atoms with Gasteiger partial charge in [-0.2, -0.15) is 0 Å². The van der Waals surface area contributed by atoms with Gasteiger partial charge < -0.3 is 5.73 Å². The zero-order valence-corrected chi connectivity index (χ0v) is 12.1. The Hall–Kier alpha value is -1.60. The predicted molar refractivity (Wildman–Crippen MR) is 82.5 cm³/mol. The summed E-state index contributed by atoms with van der Waals surface area (Å²) in [5, 5.41) is 0. The Morgan fingerprint density at radius 2 is 1.47 bits per heavy atom. The molecule has 0 heterocycles. The Kier molecular flexibility index (Phi) is 4.06. The van der Waals surface area contributed by atoms with Crippen molar-refractivity contribution >= 4 is 0 Å². The van der Waals surface area contributed by atoms with Crippen molar-refractivity contribution in [2.45, 2.75) is 32.1 Å². The SMILES string of the molecule is CC(C)(C)c1ccccc1C(CN)c1ccccc1. The van der Waals surface area contributed by atoms with E-state index in [1.165, 1.54) is 16.7 Å². The van der Waals surface area contributed by atoms with E-state index in [-0.39, 0.29) is 11.3 Å². The monoisotopic (exact) mass is 253 g/mol. The zero-order valence-electron chi connectivity index (χ0n) is 12.1. The molecule has 0 spiro atoms. The van der Waals surface area contributed by atoms with Gasteiger partial charge in [0.25, 0.3) is 0 Å². The number of nitrogens with two attached hydrogens (primary N) is 1. The maximum Gasteiger partial charge on any atom is 0.0215 e. The fraction of sp³-hybridized carbons (Fsp3) is 0.333. The topological polar surface area (TPSA) is 26.0 Å². The van der Waals surface area contributed by atoms with E-state index in [0.29, 0.717) is 6.54 Å². The smallest absolute Gasteiger partial charge is 0.0215 e. The van der Waals surface area contributed by atoms with Gasteiger partial charge in [-0.3, -0.25) is 0 Å². The van der Waals surface area contributed by atoms with E-state index in [1.54, 1.807) is 0 Å². The quantitative estimate of drug-likeness (QED) is 0.876. The zero-order chi connectivity index (χ0) is 13.9. The second kappa shape index (κ2) is 5.58. The molecule has 0 radical (unpaired) electrons. The lowest BCUT2D eigenvalue weighted by Gasteiger charge is -2.27. The molecule has 0 aromatic heterocycles. The van der Waals surface area contributed by atoms with Crippen molar-refractivity contribution in [1.82, 2.24) is 0 Å². The molecule has 0 fully saturated rings. The van der Waals surface area contributed by atoms with Crippen molar-refractivity contribution in [2.24, 2.45) is 5.73 Å². The Morgan fingerprint density at radius 1 is 0.895 bits per heavy atom. The van der Waals surface area contributed by atoms with Crippen LogP contribution in [0.15, 0.2) is 54.6 Å². The second-order valence-corrected chi connectivity index (χ2v) is 6.04. The van der Waals surface area contributed by atoms with Crippen molar-refractivity contribution in [3.8, 4) is 0 Å². The molecule has 1 nitrogen and oxygen atoms in total. The number of hydrogen-bond donors (Lipinski definition) is 1. The first-order valence-corrected chi connectivity index (χ1v) is 6.88. The maximum absolute atomic E-state index is 6.05. The third-order valence-electron chi connectivity index (χ3n) is 3.58. The predicted octanol–water partition coefficient (Wildman–Crippen LogP) is 4.07. The van der Waals surface area contributed by atoms with E-state index in [4.69, 9.17) is 5.73 Å². The minimum atomic E-state index is 0.138. The molecule has 1 heteroatoms. The van der Waals surface area contributed by atoms with Gasteiger partial charge in [0.15, 0.2) is 0 Å². The molecule has 1 atom stereocenters. The Bertz CT molecular complexity index is 523. The number of benzene rings is 2. The van der Waals surface area contributed by atoms with Gasteiger partial charge in [-0.25, -0.2) is 0 Å². The van der Waals surface area contributed by atoms with Crippen LogP contribution in [-0.2, 0) is 5.41 Å². The van der Waals surface area contributed by atoms with E-state index in [9.17, 15) is 0 Å². The average molecular weight is 253 g/mol. The van der Waals surface area contributed by atoms with Crippen molar-refractivity contribution in [2.75, 3.05) is 6.54 Å². The highest BCUT2D eigenvalue weighted by Gasteiger charge is 2.22. The van der Waals surface area contributed by atoms with Crippen LogP contribution in [0.4, 0.5) is 0 Å².